The van der Waals surface area contributed by atoms with Crippen LogP contribution in [-0.2, 0) is 4.74 Å². The van der Waals surface area contributed by atoms with Crippen LogP contribution in [0.1, 0.15) is 30.5 Å². The first kappa shape index (κ1) is 14.2. The number of benzene rings is 1. The minimum Gasteiger partial charge on any atom is -0.391 e. The molecule has 0 saturated carbocycles. The Morgan fingerprint density at radius 3 is 2.53 bits per heavy atom. The summed E-state index contributed by atoms with van der Waals surface area (Å²) < 4.78 is 4.88. The summed E-state index contributed by atoms with van der Waals surface area (Å²) in [4.78, 5) is 0. The number of ether oxygens (including phenoxy) is 1. The maximum atomic E-state index is 9.50. The van der Waals surface area contributed by atoms with Gasteiger partial charge in [-0.2, -0.15) is 0 Å². The lowest BCUT2D eigenvalue weighted by Gasteiger charge is -2.16. The molecular formula is C14H23NO2. The molecule has 3 nitrogen and oxygen atoms in total. The van der Waals surface area contributed by atoms with Crippen LogP contribution >= 0.6 is 0 Å². The standard InChI is InChI=1S/C14H23NO2/c1-11-4-6-13(7-5-11)12(2)15-9-8-14(16)10-17-3/h4-7,12,14-16H,8-10H2,1-3H3. The number of aliphatic hydroxyl groups is 1. The molecule has 1 aromatic carbocycles. The summed E-state index contributed by atoms with van der Waals surface area (Å²) in [7, 11) is 1.60. The van der Waals surface area contributed by atoms with Crippen molar-refractivity contribution in [1.82, 2.24) is 5.32 Å². The van der Waals surface area contributed by atoms with E-state index in [2.05, 4.69) is 43.4 Å². The second-order valence-electron chi connectivity index (χ2n) is 4.48. The fraction of sp³-hybridized carbons (Fsp3) is 0.571. The maximum Gasteiger partial charge on any atom is 0.0785 e. The molecule has 17 heavy (non-hydrogen) atoms. The van der Waals surface area contributed by atoms with Crippen LogP contribution < -0.4 is 5.32 Å². The molecule has 0 spiro atoms. The molecule has 0 fully saturated rings. The van der Waals surface area contributed by atoms with E-state index in [1.807, 2.05) is 0 Å². The molecule has 0 saturated heterocycles. The van der Waals surface area contributed by atoms with Crippen molar-refractivity contribution in [2.24, 2.45) is 0 Å². The zero-order valence-electron chi connectivity index (χ0n) is 10.9. The third-order valence-electron chi connectivity index (χ3n) is 2.86. The lowest BCUT2D eigenvalue weighted by atomic mass is 10.1. The predicted octanol–water partition coefficient (Wildman–Crippen LogP) is 2.04. The molecule has 1 rings (SSSR count). The quantitative estimate of drug-likeness (QED) is 0.762. The highest BCUT2D eigenvalue weighted by atomic mass is 16.5. The molecule has 0 aliphatic rings. The van der Waals surface area contributed by atoms with E-state index in [4.69, 9.17) is 4.74 Å². The van der Waals surface area contributed by atoms with Gasteiger partial charge in [0.2, 0.25) is 0 Å². The van der Waals surface area contributed by atoms with E-state index in [0.717, 1.165) is 6.54 Å². The third kappa shape index (κ3) is 5.31. The molecule has 0 heterocycles. The zero-order chi connectivity index (χ0) is 12.7. The molecule has 2 atom stereocenters. The maximum absolute atomic E-state index is 9.50. The van der Waals surface area contributed by atoms with E-state index in [1.54, 1.807) is 7.11 Å². The van der Waals surface area contributed by atoms with Crippen LogP contribution in [0.2, 0.25) is 0 Å². The number of hydrogen-bond acceptors (Lipinski definition) is 3. The van der Waals surface area contributed by atoms with Crippen molar-refractivity contribution in [2.75, 3.05) is 20.3 Å². The minimum atomic E-state index is -0.377. The van der Waals surface area contributed by atoms with Gasteiger partial charge >= 0.3 is 0 Å². The Hall–Kier alpha value is -0.900. The van der Waals surface area contributed by atoms with Gasteiger partial charge in [-0.3, -0.25) is 0 Å². The largest absolute Gasteiger partial charge is 0.391 e. The van der Waals surface area contributed by atoms with E-state index in [1.165, 1.54) is 11.1 Å². The predicted molar refractivity (Wildman–Crippen MR) is 70.1 cm³/mol. The number of aryl methyl sites for hydroxylation is 1. The van der Waals surface area contributed by atoms with Crippen molar-refractivity contribution >= 4 is 0 Å². The molecule has 2 N–H and O–H groups in total. The molecule has 0 amide bonds. The number of hydrogen-bond donors (Lipinski definition) is 2. The highest BCUT2D eigenvalue weighted by molar-refractivity contribution is 5.23. The Labute approximate surface area is 104 Å². The first-order valence-corrected chi connectivity index (χ1v) is 6.10. The first-order chi connectivity index (χ1) is 8.13. The molecule has 0 aliphatic carbocycles. The Morgan fingerprint density at radius 2 is 1.94 bits per heavy atom. The fourth-order valence-corrected chi connectivity index (χ4v) is 1.72. The Kier molecular flexibility index (Phi) is 6.19. The van der Waals surface area contributed by atoms with Crippen LogP contribution in [0.4, 0.5) is 0 Å². The van der Waals surface area contributed by atoms with E-state index >= 15 is 0 Å². The van der Waals surface area contributed by atoms with Crippen LogP contribution in [0.5, 0.6) is 0 Å². The van der Waals surface area contributed by atoms with Gasteiger partial charge in [0.1, 0.15) is 0 Å². The smallest absolute Gasteiger partial charge is 0.0785 e. The molecule has 1 aromatic rings. The summed E-state index contributed by atoms with van der Waals surface area (Å²) in [6.07, 6.45) is 0.335. The van der Waals surface area contributed by atoms with Gasteiger partial charge in [-0.25, -0.2) is 0 Å². The second kappa shape index (κ2) is 7.43. The van der Waals surface area contributed by atoms with Gasteiger partial charge in [0.25, 0.3) is 0 Å². The van der Waals surface area contributed by atoms with Crippen LogP contribution in [0.15, 0.2) is 24.3 Å². The number of rotatable bonds is 7. The third-order valence-corrected chi connectivity index (χ3v) is 2.86. The average molecular weight is 237 g/mol. The van der Waals surface area contributed by atoms with E-state index in [0.29, 0.717) is 19.1 Å². The fourth-order valence-electron chi connectivity index (χ4n) is 1.72. The van der Waals surface area contributed by atoms with Crippen molar-refractivity contribution in [3.05, 3.63) is 35.4 Å². The van der Waals surface area contributed by atoms with Gasteiger partial charge in [0.05, 0.1) is 12.7 Å². The van der Waals surface area contributed by atoms with Gasteiger partial charge < -0.3 is 15.2 Å². The zero-order valence-corrected chi connectivity index (χ0v) is 10.9. The van der Waals surface area contributed by atoms with Gasteiger partial charge in [0, 0.05) is 13.2 Å². The Bertz CT molecular complexity index is 311. The summed E-state index contributed by atoms with van der Waals surface area (Å²) in [5.74, 6) is 0. The van der Waals surface area contributed by atoms with Gasteiger partial charge in [-0.1, -0.05) is 29.8 Å². The van der Waals surface area contributed by atoms with Crippen molar-refractivity contribution < 1.29 is 9.84 Å². The van der Waals surface area contributed by atoms with Gasteiger partial charge in [0.15, 0.2) is 0 Å². The van der Waals surface area contributed by atoms with Crippen molar-refractivity contribution in [3.63, 3.8) is 0 Å². The number of methoxy groups -OCH3 is 1. The summed E-state index contributed by atoms with van der Waals surface area (Å²) in [6.45, 7) is 5.41. The first-order valence-electron chi connectivity index (χ1n) is 6.10. The SMILES string of the molecule is COCC(O)CCNC(C)c1ccc(C)cc1. The summed E-state index contributed by atoms with van der Waals surface area (Å²) in [6, 6.07) is 8.82. The lowest BCUT2D eigenvalue weighted by molar-refractivity contribution is 0.0590. The van der Waals surface area contributed by atoms with Gasteiger partial charge in [-0.05, 0) is 32.4 Å². The molecule has 96 valence electrons. The highest BCUT2D eigenvalue weighted by Crippen LogP contribution is 2.12. The summed E-state index contributed by atoms with van der Waals surface area (Å²) >= 11 is 0. The van der Waals surface area contributed by atoms with Crippen molar-refractivity contribution in [1.29, 1.82) is 0 Å². The molecular weight excluding hydrogens is 214 g/mol. The summed E-state index contributed by atoms with van der Waals surface area (Å²) in [5.41, 5.74) is 2.55. The Morgan fingerprint density at radius 1 is 1.29 bits per heavy atom. The van der Waals surface area contributed by atoms with Gasteiger partial charge in [-0.15, -0.1) is 0 Å². The number of nitrogens with one attached hydrogen (secondary N) is 1. The topological polar surface area (TPSA) is 41.5 Å². The molecule has 0 aromatic heterocycles. The van der Waals surface area contributed by atoms with Crippen molar-refractivity contribution in [3.8, 4) is 0 Å². The van der Waals surface area contributed by atoms with Crippen LogP contribution in [-0.4, -0.2) is 31.5 Å². The Balaban J connectivity index is 2.29. The molecule has 0 aliphatic heterocycles. The van der Waals surface area contributed by atoms with Crippen LogP contribution in [0.3, 0.4) is 0 Å². The number of aliphatic hydroxyl groups excluding tert-OH is 1. The van der Waals surface area contributed by atoms with Crippen molar-refractivity contribution in [2.45, 2.75) is 32.4 Å². The molecule has 0 bridgehead atoms. The minimum absolute atomic E-state index is 0.311. The normalized spacial score (nSPS) is 14.6. The van der Waals surface area contributed by atoms with E-state index < -0.39 is 0 Å². The molecule has 2 unspecified atom stereocenters. The molecule has 0 radical (unpaired) electrons. The lowest BCUT2D eigenvalue weighted by Crippen LogP contribution is -2.25. The molecule has 3 heteroatoms. The monoisotopic (exact) mass is 237 g/mol. The average Bonchev–Trinajstić information content (AvgIpc) is 2.30. The summed E-state index contributed by atoms with van der Waals surface area (Å²) in [5, 5.41) is 12.9. The van der Waals surface area contributed by atoms with E-state index in [9.17, 15) is 5.11 Å². The van der Waals surface area contributed by atoms with E-state index in [-0.39, 0.29) is 6.10 Å². The second-order valence-corrected chi connectivity index (χ2v) is 4.48. The van der Waals surface area contributed by atoms with Crippen LogP contribution in [0, 0.1) is 6.92 Å². The van der Waals surface area contributed by atoms with Crippen LogP contribution in [0.25, 0.3) is 0 Å². The highest BCUT2D eigenvalue weighted by Gasteiger charge is 2.06.